The van der Waals surface area contributed by atoms with E-state index in [4.69, 9.17) is 0 Å². The zero-order chi connectivity index (χ0) is 9.42. The zero-order valence-electron chi connectivity index (χ0n) is 7.54. The molecule has 2 atom stereocenters. The summed E-state index contributed by atoms with van der Waals surface area (Å²) in [6.07, 6.45) is 1.78. The number of rotatable bonds is 0. The van der Waals surface area contributed by atoms with E-state index in [1.807, 2.05) is 0 Å². The predicted octanol–water partition coefficient (Wildman–Crippen LogP) is -1.14. The summed E-state index contributed by atoms with van der Waals surface area (Å²) in [6.45, 7) is 0.825. The van der Waals surface area contributed by atoms with Gasteiger partial charge in [0, 0.05) is 7.05 Å². The first kappa shape index (κ1) is 8.50. The molecule has 2 amide bonds. The summed E-state index contributed by atoms with van der Waals surface area (Å²) in [5.74, 6) is -0.240. The van der Waals surface area contributed by atoms with Gasteiger partial charge in [-0.25, -0.2) is 0 Å². The highest BCUT2D eigenvalue weighted by Gasteiger charge is 2.41. The highest BCUT2D eigenvalue weighted by Crippen LogP contribution is 2.21. The number of amides is 2. The Labute approximate surface area is 76.4 Å². The minimum Gasteiger partial charge on any atom is -0.305 e. The number of hydrogen-bond acceptors (Lipinski definition) is 3. The van der Waals surface area contributed by atoms with Crippen LogP contribution in [-0.2, 0) is 9.59 Å². The lowest BCUT2D eigenvalue weighted by Crippen LogP contribution is -2.65. The maximum atomic E-state index is 11.6. The monoisotopic (exact) mass is 183 g/mol. The Balaban J connectivity index is 2.19. The Bertz CT molecular complexity index is 254. The van der Waals surface area contributed by atoms with Crippen molar-refractivity contribution in [1.29, 1.82) is 0 Å². The molecule has 0 aromatic carbocycles. The van der Waals surface area contributed by atoms with E-state index in [0.29, 0.717) is 0 Å². The average Bonchev–Trinajstić information content (AvgIpc) is 2.15. The van der Waals surface area contributed by atoms with Crippen molar-refractivity contribution < 1.29 is 9.59 Å². The van der Waals surface area contributed by atoms with Crippen LogP contribution >= 0.6 is 0 Å². The molecule has 2 saturated heterocycles. The van der Waals surface area contributed by atoms with Gasteiger partial charge in [-0.05, 0) is 19.4 Å². The van der Waals surface area contributed by atoms with Crippen molar-refractivity contribution in [1.82, 2.24) is 15.8 Å². The molecule has 0 radical (unpaired) electrons. The molecule has 2 unspecified atom stereocenters. The minimum atomic E-state index is -0.308. The number of hydrazine groups is 1. The summed E-state index contributed by atoms with van der Waals surface area (Å²) < 4.78 is 0. The maximum Gasteiger partial charge on any atom is 0.256 e. The van der Waals surface area contributed by atoms with Crippen molar-refractivity contribution in [2.45, 2.75) is 18.9 Å². The van der Waals surface area contributed by atoms with Crippen molar-refractivity contribution in [3.63, 3.8) is 0 Å². The molecule has 2 fully saturated rings. The predicted molar refractivity (Wildman–Crippen MR) is 45.4 cm³/mol. The van der Waals surface area contributed by atoms with Crippen LogP contribution in [0.1, 0.15) is 12.8 Å². The van der Waals surface area contributed by atoms with Gasteiger partial charge in [-0.15, -0.1) is 0 Å². The Morgan fingerprint density at radius 3 is 3.00 bits per heavy atom. The number of fused-ring (bicyclic) bond motifs is 1. The molecule has 0 spiro atoms. The molecular weight excluding hydrogens is 170 g/mol. The molecular formula is C8H13N3O2. The van der Waals surface area contributed by atoms with Crippen molar-refractivity contribution >= 4 is 11.8 Å². The van der Waals surface area contributed by atoms with Crippen LogP contribution in [0, 0.1) is 5.92 Å². The molecule has 2 heterocycles. The van der Waals surface area contributed by atoms with E-state index in [2.05, 4.69) is 10.7 Å². The van der Waals surface area contributed by atoms with Crippen LogP contribution in [0.2, 0.25) is 0 Å². The fourth-order valence-corrected chi connectivity index (χ4v) is 1.97. The van der Waals surface area contributed by atoms with Crippen molar-refractivity contribution in [2.24, 2.45) is 5.92 Å². The Morgan fingerprint density at radius 1 is 1.46 bits per heavy atom. The van der Waals surface area contributed by atoms with E-state index in [1.54, 1.807) is 7.05 Å². The molecule has 0 aliphatic carbocycles. The summed E-state index contributed by atoms with van der Waals surface area (Å²) in [6, 6.07) is -0.308. The van der Waals surface area contributed by atoms with Crippen LogP contribution in [0.25, 0.3) is 0 Å². The van der Waals surface area contributed by atoms with Crippen LogP contribution < -0.4 is 10.7 Å². The van der Waals surface area contributed by atoms with Crippen LogP contribution in [-0.4, -0.2) is 36.5 Å². The molecule has 0 aromatic rings. The normalized spacial score (nSPS) is 34.1. The lowest BCUT2D eigenvalue weighted by atomic mass is 9.88. The summed E-state index contributed by atoms with van der Waals surface area (Å²) >= 11 is 0. The van der Waals surface area contributed by atoms with E-state index in [1.165, 1.54) is 5.01 Å². The number of nitrogens with zero attached hydrogens (tertiary/aromatic N) is 1. The maximum absolute atomic E-state index is 11.6. The van der Waals surface area contributed by atoms with E-state index < -0.39 is 0 Å². The van der Waals surface area contributed by atoms with E-state index in [0.717, 1.165) is 19.4 Å². The van der Waals surface area contributed by atoms with Gasteiger partial charge in [-0.3, -0.25) is 20.0 Å². The summed E-state index contributed by atoms with van der Waals surface area (Å²) in [4.78, 5) is 23.0. The topological polar surface area (TPSA) is 61.4 Å². The van der Waals surface area contributed by atoms with E-state index in [-0.39, 0.29) is 23.8 Å². The summed E-state index contributed by atoms with van der Waals surface area (Å²) in [5.41, 5.74) is 2.51. The highest BCUT2D eigenvalue weighted by atomic mass is 16.2. The van der Waals surface area contributed by atoms with E-state index in [9.17, 15) is 9.59 Å². The van der Waals surface area contributed by atoms with Crippen LogP contribution in [0.3, 0.4) is 0 Å². The number of nitrogens with one attached hydrogen (secondary N) is 2. The summed E-state index contributed by atoms with van der Waals surface area (Å²) in [7, 11) is 1.59. The largest absolute Gasteiger partial charge is 0.305 e. The first-order valence-electron chi connectivity index (χ1n) is 4.51. The molecule has 5 heteroatoms. The fourth-order valence-electron chi connectivity index (χ4n) is 1.97. The van der Waals surface area contributed by atoms with Gasteiger partial charge in [0.15, 0.2) is 0 Å². The van der Waals surface area contributed by atoms with Gasteiger partial charge in [0.2, 0.25) is 5.91 Å². The molecule has 72 valence electrons. The molecule has 5 nitrogen and oxygen atoms in total. The van der Waals surface area contributed by atoms with Crippen LogP contribution in [0.4, 0.5) is 0 Å². The lowest BCUT2D eigenvalue weighted by molar-refractivity contribution is -0.154. The molecule has 2 aliphatic rings. The van der Waals surface area contributed by atoms with Gasteiger partial charge in [-0.1, -0.05) is 0 Å². The first-order chi connectivity index (χ1) is 6.20. The molecule has 13 heavy (non-hydrogen) atoms. The molecule has 0 aromatic heterocycles. The standard InChI is InChI=1S/C8H13N3O2/c1-11-8(13)5-3-2-4-9-6(5)7(12)10-11/h5-6,9H,2-4H2,1H3,(H,10,12). The second-order valence-electron chi connectivity index (χ2n) is 3.55. The van der Waals surface area contributed by atoms with Gasteiger partial charge in [0.1, 0.15) is 6.04 Å². The third-order valence-electron chi connectivity index (χ3n) is 2.67. The van der Waals surface area contributed by atoms with Crippen molar-refractivity contribution in [3.8, 4) is 0 Å². The third-order valence-corrected chi connectivity index (χ3v) is 2.67. The van der Waals surface area contributed by atoms with Crippen molar-refractivity contribution in [3.05, 3.63) is 0 Å². The highest BCUT2D eigenvalue weighted by molar-refractivity contribution is 5.95. The van der Waals surface area contributed by atoms with Gasteiger partial charge < -0.3 is 5.32 Å². The average molecular weight is 183 g/mol. The van der Waals surface area contributed by atoms with Crippen molar-refractivity contribution in [2.75, 3.05) is 13.6 Å². The second-order valence-corrected chi connectivity index (χ2v) is 3.55. The number of carbonyl (C=O) groups excluding carboxylic acids is 2. The fraction of sp³-hybridized carbons (Fsp3) is 0.750. The number of piperidine rings is 1. The van der Waals surface area contributed by atoms with Gasteiger partial charge in [0.25, 0.3) is 5.91 Å². The molecule has 0 saturated carbocycles. The zero-order valence-corrected chi connectivity index (χ0v) is 7.54. The Kier molecular flexibility index (Phi) is 1.95. The number of carbonyl (C=O) groups is 2. The smallest absolute Gasteiger partial charge is 0.256 e. The van der Waals surface area contributed by atoms with Crippen LogP contribution in [0.15, 0.2) is 0 Å². The Morgan fingerprint density at radius 2 is 2.23 bits per heavy atom. The summed E-state index contributed by atoms with van der Waals surface area (Å²) in [5, 5.41) is 4.35. The van der Waals surface area contributed by atoms with E-state index >= 15 is 0 Å². The SMILES string of the molecule is CN1NC(=O)C2NCCCC2C1=O. The quantitative estimate of drug-likeness (QED) is 0.499. The first-order valence-corrected chi connectivity index (χ1v) is 4.51. The van der Waals surface area contributed by atoms with Gasteiger partial charge >= 0.3 is 0 Å². The molecule has 2 rings (SSSR count). The minimum absolute atomic E-state index is 0.0109. The Hall–Kier alpha value is -1.10. The van der Waals surface area contributed by atoms with Gasteiger partial charge in [0.05, 0.1) is 5.92 Å². The lowest BCUT2D eigenvalue weighted by Gasteiger charge is -2.38. The third kappa shape index (κ3) is 1.29. The van der Waals surface area contributed by atoms with Crippen LogP contribution in [0.5, 0.6) is 0 Å². The number of hydrogen-bond donors (Lipinski definition) is 2. The molecule has 2 N–H and O–H groups in total. The second kappa shape index (κ2) is 2.99. The molecule has 0 bridgehead atoms. The molecule has 2 aliphatic heterocycles. The van der Waals surface area contributed by atoms with Gasteiger partial charge in [-0.2, -0.15) is 0 Å².